The molecule has 6 heterocycles. The Morgan fingerprint density at radius 3 is 1.64 bits per heavy atom. The SMILES string of the molecule is O=C(NCCCO)c1cc2c3c(ccc2[nH]1)N(C(=O)c1cc2c4c(ccc2[nH]1)N(C(=O)c1cc2c5c(ccc2[nH]1)N(C(=O)CCCO[PH](=O)O)CC5)CC4)CC3. The van der Waals surface area contributed by atoms with Crippen LogP contribution < -0.4 is 20.0 Å². The quantitative estimate of drug-likeness (QED) is 0.0801. The van der Waals surface area contributed by atoms with Gasteiger partial charge in [-0.05, 0) is 103 Å². The first-order chi connectivity index (χ1) is 27.2. The van der Waals surface area contributed by atoms with Crippen molar-refractivity contribution in [2.75, 3.05) is 54.1 Å². The van der Waals surface area contributed by atoms with Crippen molar-refractivity contribution in [3.8, 4) is 0 Å². The van der Waals surface area contributed by atoms with Crippen LogP contribution in [0.1, 0.15) is 67.4 Å². The van der Waals surface area contributed by atoms with Crippen LogP contribution in [-0.2, 0) is 33.1 Å². The molecule has 6 N–H and O–H groups in total. The number of aromatic nitrogens is 3. The van der Waals surface area contributed by atoms with Gasteiger partial charge in [0.2, 0.25) is 5.91 Å². The third-order valence-corrected chi connectivity index (χ3v) is 11.6. The average Bonchev–Trinajstić information content (AvgIpc) is 4.04. The number of aliphatic hydroxyl groups excluding tert-OH is 1. The molecule has 4 amide bonds. The van der Waals surface area contributed by atoms with E-state index in [4.69, 9.17) is 14.5 Å². The van der Waals surface area contributed by atoms with Gasteiger partial charge < -0.3 is 49.5 Å². The summed E-state index contributed by atoms with van der Waals surface area (Å²) in [6, 6.07) is 17.0. The highest BCUT2D eigenvalue weighted by Crippen LogP contribution is 2.40. The minimum Gasteiger partial charge on any atom is -0.396 e. The maximum absolute atomic E-state index is 14.1. The number of nitrogens with zero attached hydrogens (tertiary/aromatic N) is 3. The zero-order valence-corrected chi connectivity index (χ0v) is 31.4. The van der Waals surface area contributed by atoms with Gasteiger partial charge in [0.1, 0.15) is 17.1 Å². The number of H-pyrrole nitrogens is 3. The van der Waals surface area contributed by atoms with Gasteiger partial charge in [0.05, 0.1) is 6.61 Å². The number of fused-ring (bicyclic) bond motifs is 9. The predicted octanol–water partition coefficient (Wildman–Crippen LogP) is 4.72. The number of nitrogens with one attached hydrogen (secondary N) is 4. The molecule has 0 saturated heterocycles. The van der Waals surface area contributed by atoms with Crippen molar-refractivity contribution >= 4 is 81.7 Å². The monoisotopic (exact) mass is 777 g/mol. The van der Waals surface area contributed by atoms with Gasteiger partial charge >= 0.3 is 8.25 Å². The molecule has 0 aliphatic carbocycles. The van der Waals surface area contributed by atoms with Gasteiger partial charge in [0, 0.05) is 89.0 Å². The van der Waals surface area contributed by atoms with Gasteiger partial charge in [-0.15, -0.1) is 0 Å². The lowest BCUT2D eigenvalue weighted by molar-refractivity contribution is -0.118. The molecule has 3 aliphatic rings. The van der Waals surface area contributed by atoms with E-state index in [1.807, 2.05) is 54.6 Å². The molecule has 6 aromatic rings. The Kier molecular flexibility index (Phi) is 9.25. The topological polar surface area (TPSA) is 204 Å². The van der Waals surface area contributed by atoms with Gasteiger partial charge in [-0.3, -0.25) is 23.7 Å². The molecule has 0 spiro atoms. The minimum absolute atomic E-state index is 0.00218. The zero-order valence-electron chi connectivity index (χ0n) is 30.4. The Morgan fingerprint density at radius 2 is 1.14 bits per heavy atom. The Labute approximate surface area is 320 Å². The van der Waals surface area contributed by atoms with Gasteiger partial charge in [0.25, 0.3) is 17.7 Å². The number of hydrogen-bond donors (Lipinski definition) is 6. The van der Waals surface area contributed by atoms with Crippen LogP contribution in [-0.4, -0.2) is 88.0 Å². The van der Waals surface area contributed by atoms with Crippen LogP contribution in [0.25, 0.3) is 32.7 Å². The predicted molar refractivity (Wildman–Crippen MR) is 212 cm³/mol. The lowest BCUT2D eigenvalue weighted by Crippen LogP contribution is -2.29. The van der Waals surface area contributed by atoms with Crippen molar-refractivity contribution in [1.29, 1.82) is 0 Å². The maximum Gasteiger partial charge on any atom is 0.316 e. The van der Waals surface area contributed by atoms with Crippen molar-refractivity contribution in [3.05, 3.63) is 88.4 Å². The van der Waals surface area contributed by atoms with Crippen LogP contribution in [0, 0.1) is 0 Å². The van der Waals surface area contributed by atoms with E-state index in [2.05, 4.69) is 20.3 Å². The molecule has 0 fully saturated rings. The molecule has 9 rings (SSSR count). The summed E-state index contributed by atoms with van der Waals surface area (Å²) in [5, 5.41) is 14.5. The summed E-state index contributed by atoms with van der Waals surface area (Å²) in [4.78, 5) is 77.6. The molecule has 288 valence electrons. The number of hydrogen-bond acceptors (Lipinski definition) is 7. The molecule has 0 saturated carbocycles. The second kappa shape index (κ2) is 14.4. The van der Waals surface area contributed by atoms with Crippen LogP contribution in [0.5, 0.6) is 0 Å². The molecule has 3 aromatic heterocycles. The fraction of sp³-hybridized carbons (Fsp3) is 0.300. The Hall–Kier alpha value is -5.73. The Balaban J connectivity index is 0.926. The van der Waals surface area contributed by atoms with Gasteiger partial charge in [-0.2, -0.15) is 0 Å². The molecule has 3 aliphatic heterocycles. The van der Waals surface area contributed by atoms with Crippen LogP contribution in [0.2, 0.25) is 0 Å². The summed E-state index contributed by atoms with van der Waals surface area (Å²) in [5.41, 5.74) is 9.20. The second-order valence-electron chi connectivity index (χ2n) is 14.4. The van der Waals surface area contributed by atoms with Crippen LogP contribution >= 0.6 is 8.25 Å². The molecule has 16 heteroatoms. The molecule has 15 nitrogen and oxygen atoms in total. The lowest BCUT2D eigenvalue weighted by Gasteiger charge is -2.17. The third kappa shape index (κ3) is 6.16. The third-order valence-electron chi connectivity index (χ3n) is 11.2. The highest BCUT2D eigenvalue weighted by atomic mass is 31.1. The number of carbonyl (C=O) groups excluding carboxylic acids is 4. The van der Waals surface area contributed by atoms with Crippen molar-refractivity contribution in [3.63, 3.8) is 0 Å². The highest BCUT2D eigenvalue weighted by Gasteiger charge is 2.33. The summed E-state index contributed by atoms with van der Waals surface area (Å²) < 4.78 is 15.5. The minimum atomic E-state index is -3.02. The van der Waals surface area contributed by atoms with Crippen molar-refractivity contribution < 1.29 is 38.3 Å². The summed E-state index contributed by atoms with van der Waals surface area (Å²) in [6.07, 6.45) is 2.95. The van der Waals surface area contributed by atoms with Gasteiger partial charge in [-0.25, -0.2) is 0 Å². The highest BCUT2D eigenvalue weighted by molar-refractivity contribution is 7.32. The number of amides is 4. The maximum atomic E-state index is 14.1. The molecule has 3 aromatic carbocycles. The normalized spacial score (nSPS) is 15.2. The van der Waals surface area contributed by atoms with Crippen molar-refractivity contribution in [2.45, 2.75) is 38.5 Å². The molecular formula is C40H40N7O8P. The first kappa shape index (κ1) is 35.9. The fourth-order valence-corrected chi connectivity index (χ4v) is 8.87. The van der Waals surface area contributed by atoms with E-state index in [0.29, 0.717) is 75.4 Å². The lowest BCUT2D eigenvalue weighted by atomic mass is 10.1. The van der Waals surface area contributed by atoms with Crippen LogP contribution in [0.3, 0.4) is 0 Å². The number of aromatic amines is 3. The molecule has 1 atom stereocenters. The molecule has 1 unspecified atom stereocenters. The smallest absolute Gasteiger partial charge is 0.316 e. The number of aliphatic hydroxyl groups is 1. The van der Waals surface area contributed by atoms with Crippen LogP contribution in [0.4, 0.5) is 17.1 Å². The first-order valence-electron chi connectivity index (χ1n) is 18.8. The number of benzene rings is 3. The second-order valence-corrected chi connectivity index (χ2v) is 15.2. The molecular weight excluding hydrogens is 737 g/mol. The van der Waals surface area contributed by atoms with E-state index in [1.54, 1.807) is 14.7 Å². The van der Waals surface area contributed by atoms with E-state index < -0.39 is 8.25 Å². The van der Waals surface area contributed by atoms with E-state index in [9.17, 15) is 23.7 Å². The summed E-state index contributed by atoms with van der Waals surface area (Å²) in [7, 11) is -3.02. The molecule has 0 radical (unpaired) electrons. The largest absolute Gasteiger partial charge is 0.396 e. The Bertz CT molecular complexity index is 2630. The summed E-state index contributed by atoms with van der Waals surface area (Å²) in [6.45, 7) is 1.93. The van der Waals surface area contributed by atoms with Gasteiger partial charge in [-0.1, -0.05) is 0 Å². The van der Waals surface area contributed by atoms with Crippen molar-refractivity contribution in [1.82, 2.24) is 20.3 Å². The van der Waals surface area contributed by atoms with Crippen LogP contribution in [0.15, 0.2) is 54.6 Å². The van der Waals surface area contributed by atoms with Gasteiger partial charge in [0.15, 0.2) is 0 Å². The van der Waals surface area contributed by atoms with E-state index in [0.717, 1.165) is 66.5 Å². The number of rotatable bonds is 11. The molecule has 0 bridgehead atoms. The first-order valence-corrected chi connectivity index (χ1v) is 20.1. The average molecular weight is 778 g/mol. The summed E-state index contributed by atoms with van der Waals surface area (Å²) >= 11 is 0. The van der Waals surface area contributed by atoms with E-state index in [-0.39, 0.29) is 43.3 Å². The fourth-order valence-electron chi connectivity index (χ4n) is 8.56. The zero-order chi connectivity index (χ0) is 38.7. The molecule has 56 heavy (non-hydrogen) atoms. The Morgan fingerprint density at radius 1 is 0.679 bits per heavy atom. The standard InChI is InChI=1S/C40H40N7O8P/c48-17-2-13-41-38(50)31-19-25-23-11-15-46(35(23)8-5-28(25)42-31)40(52)33-21-27-24-12-16-47(36(24)9-6-30(27)44-33)39(51)32-20-26-22-10-14-45(34(22)7-4-29(26)43-32)37(49)3-1-18-55-56(53)54/h4-9,19-21,42-44,48,56H,1-3,10-18H2,(H,41,50)(H,53,54). The van der Waals surface area contributed by atoms with E-state index >= 15 is 0 Å². The summed E-state index contributed by atoms with van der Waals surface area (Å²) in [5.74, 6) is -0.642. The number of anilines is 3. The van der Waals surface area contributed by atoms with E-state index in [1.165, 1.54) is 0 Å². The number of carbonyl (C=O) groups is 4. The van der Waals surface area contributed by atoms with Crippen molar-refractivity contribution in [2.24, 2.45) is 0 Å².